The Morgan fingerprint density at radius 1 is 1.23 bits per heavy atom. The first-order chi connectivity index (χ1) is 10.8. The molecule has 5 heteroatoms. The highest BCUT2D eigenvalue weighted by Crippen LogP contribution is 2.12. The normalized spacial score (nSPS) is 12.9. The lowest BCUT2D eigenvalue weighted by Gasteiger charge is -2.25. The van der Waals surface area contributed by atoms with Crippen LogP contribution in [0.1, 0.15) is 20.8 Å². The van der Waals surface area contributed by atoms with Crippen molar-refractivity contribution in [1.29, 1.82) is 0 Å². The standard InChI is InChI=1S/C15H21N3.2CH2O.H2/c1-3-16-9-15-10-17-13(2)18(12-15)11-14-7-5-4-6-8-14;2*1-2;/h4-8,12,16H,3,9-11H2,1-2H3;2*1H2;1H. The quantitative estimate of drug-likeness (QED) is 0.906. The summed E-state index contributed by atoms with van der Waals surface area (Å²) in [6.07, 6.45) is 2.23. The molecule has 1 aromatic rings. The van der Waals surface area contributed by atoms with Crippen molar-refractivity contribution in [3.05, 3.63) is 47.7 Å². The SMILES string of the molecule is C=O.C=O.CCNCC1=CN(Cc2ccccc2)C(C)=NC1.[HH]. The van der Waals surface area contributed by atoms with Crippen molar-refractivity contribution in [2.45, 2.75) is 20.4 Å². The molecule has 2 rings (SSSR count). The molecule has 0 aromatic heterocycles. The minimum absolute atomic E-state index is 0. The van der Waals surface area contributed by atoms with E-state index in [0.717, 1.165) is 32.0 Å². The maximum atomic E-state index is 8.00. The molecule has 122 valence electrons. The minimum Gasteiger partial charge on any atom is -0.333 e. The number of likely N-dealkylation sites (N-methyl/N-ethyl adjacent to an activating group) is 1. The summed E-state index contributed by atoms with van der Waals surface area (Å²) in [7, 11) is 0. The Labute approximate surface area is 134 Å². The van der Waals surface area contributed by atoms with Gasteiger partial charge in [0, 0.05) is 20.7 Å². The molecule has 0 atom stereocenters. The zero-order valence-corrected chi connectivity index (χ0v) is 13.4. The Balaban J connectivity index is 0. The van der Waals surface area contributed by atoms with Gasteiger partial charge in [-0.05, 0) is 24.6 Å². The van der Waals surface area contributed by atoms with Gasteiger partial charge in [-0.15, -0.1) is 0 Å². The van der Waals surface area contributed by atoms with Crippen molar-refractivity contribution in [2.24, 2.45) is 4.99 Å². The summed E-state index contributed by atoms with van der Waals surface area (Å²) >= 11 is 0. The lowest BCUT2D eigenvalue weighted by atomic mass is 10.2. The number of rotatable bonds is 5. The molecule has 0 saturated heterocycles. The van der Waals surface area contributed by atoms with Crippen LogP contribution in [0.2, 0.25) is 0 Å². The van der Waals surface area contributed by atoms with Crippen LogP contribution in [0.15, 0.2) is 47.1 Å². The molecular formula is C17H27N3O2. The van der Waals surface area contributed by atoms with Crippen molar-refractivity contribution in [2.75, 3.05) is 19.6 Å². The summed E-state index contributed by atoms with van der Waals surface area (Å²) in [5.41, 5.74) is 2.66. The lowest BCUT2D eigenvalue weighted by molar-refractivity contribution is -0.0987. The van der Waals surface area contributed by atoms with Gasteiger partial charge in [-0.3, -0.25) is 4.99 Å². The molecule has 0 aliphatic carbocycles. The molecule has 1 aliphatic heterocycles. The first kappa shape index (κ1) is 19.7. The minimum atomic E-state index is 0. The Kier molecular flexibility index (Phi) is 11.2. The van der Waals surface area contributed by atoms with E-state index in [1.165, 1.54) is 11.1 Å². The molecule has 0 unspecified atom stereocenters. The van der Waals surface area contributed by atoms with Gasteiger partial charge < -0.3 is 19.8 Å². The van der Waals surface area contributed by atoms with Crippen LogP contribution in [0, 0.1) is 0 Å². The molecule has 0 spiro atoms. The van der Waals surface area contributed by atoms with E-state index in [2.05, 4.69) is 59.5 Å². The number of nitrogens with one attached hydrogen (secondary N) is 1. The molecule has 1 aromatic carbocycles. The third-order valence-electron chi connectivity index (χ3n) is 3.06. The Bertz CT molecular complexity index is 476. The van der Waals surface area contributed by atoms with Gasteiger partial charge in [-0.25, -0.2) is 0 Å². The summed E-state index contributed by atoms with van der Waals surface area (Å²) in [5, 5.41) is 3.35. The van der Waals surface area contributed by atoms with Gasteiger partial charge in [-0.1, -0.05) is 37.3 Å². The summed E-state index contributed by atoms with van der Waals surface area (Å²) in [4.78, 5) is 22.8. The number of aliphatic imine (C=N–C) groups is 1. The van der Waals surface area contributed by atoms with Crippen LogP contribution in [-0.4, -0.2) is 43.9 Å². The molecular weight excluding hydrogens is 278 g/mol. The van der Waals surface area contributed by atoms with Crippen molar-refractivity contribution in [3.8, 4) is 0 Å². The fraction of sp³-hybridized carbons (Fsp3) is 0.353. The third-order valence-corrected chi connectivity index (χ3v) is 3.06. The smallest absolute Gasteiger partial charge is 0.106 e. The molecule has 5 nitrogen and oxygen atoms in total. The van der Waals surface area contributed by atoms with Gasteiger partial charge in [-0.2, -0.15) is 0 Å². The average molecular weight is 305 g/mol. The maximum Gasteiger partial charge on any atom is 0.106 e. The summed E-state index contributed by atoms with van der Waals surface area (Å²) in [6.45, 7) is 11.8. The van der Waals surface area contributed by atoms with Gasteiger partial charge in [0.15, 0.2) is 0 Å². The number of hydrogen-bond donors (Lipinski definition) is 1. The van der Waals surface area contributed by atoms with E-state index < -0.39 is 0 Å². The highest BCUT2D eigenvalue weighted by molar-refractivity contribution is 5.81. The monoisotopic (exact) mass is 305 g/mol. The van der Waals surface area contributed by atoms with Gasteiger partial charge in [0.25, 0.3) is 0 Å². The first-order valence-electron chi connectivity index (χ1n) is 7.09. The largest absolute Gasteiger partial charge is 0.333 e. The predicted molar refractivity (Wildman–Crippen MR) is 92.9 cm³/mol. The first-order valence-corrected chi connectivity index (χ1v) is 7.09. The molecule has 0 fully saturated rings. The number of benzene rings is 1. The summed E-state index contributed by atoms with van der Waals surface area (Å²) < 4.78 is 0. The van der Waals surface area contributed by atoms with Gasteiger partial charge in [0.2, 0.25) is 0 Å². The van der Waals surface area contributed by atoms with Crippen molar-refractivity contribution < 1.29 is 11.0 Å². The number of carbonyl (C=O) groups excluding carboxylic acids is 2. The Morgan fingerprint density at radius 3 is 2.45 bits per heavy atom. The average Bonchev–Trinajstić information content (AvgIpc) is 2.60. The van der Waals surface area contributed by atoms with Gasteiger partial charge >= 0.3 is 0 Å². The highest BCUT2D eigenvalue weighted by Gasteiger charge is 2.11. The van der Waals surface area contributed by atoms with Crippen molar-refractivity contribution in [1.82, 2.24) is 10.2 Å². The van der Waals surface area contributed by atoms with E-state index in [-0.39, 0.29) is 1.43 Å². The lowest BCUT2D eigenvalue weighted by Crippen LogP contribution is -2.29. The van der Waals surface area contributed by atoms with E-state index in [4.69, 9.17) is 9.59 Å². The number of carbonyl (C=O) groups is 2. The van der Waals surface area contributed by atoms with Crippen LogP contribution < -0.4 is 5.32 Å². The van der Waals surface area contributed by atoms with Crippen LogP contribution >= 0.6 is 0 Å². The third kappa shape index (κ3) is 6.95. The fourth-order valence-corrected chi connectivity index (χ4v) is 1.99. The van der Waals surface area contributed by atoms with Crippen molar-refractivity contribution in [3.63, 3.8) is 0 Å². The van der Waals surface area contributed by atoms with E-state index >= 15 is 0 Å². The van der Waals surface area contributed by atoms with Gasteiger partial charge in [0.1, 0.15) is 19.4 Å². The number of nitrogens with zero attached hydrogens (tertiary/aromatic N) is 2. The fourth-order valence-electron chi connectivity index (χ4n) is 1.99. The number of hydrogen-bond acceptors (Lipinski definition) is 5. The highest BCUT2D eigenvalue weighted by atomic mass is 16.1. The maximum absolute atomic E-state index is 8.00. The van der Waals surface area contributed by atoms with E-state index in [0.29, 0.717) is 0 Å². The zero-order chi connectivity index (χ0) is 16.8. The second-order valence-electron chi connectivity index (χ2n) is 4.54. The van der Waals surface area contributed by atoms with Crippen LogP contribution in [0.4, 0.5) is 0 Å². The Morgan fingerprint density at radius 2 is 1.86 bits per heavy atom. The van der Waals surface area contributed by atoms with Gasteiger partial charge in [0.05, 0.1) is 6.54 Å². The van der Waals surface area contributed by atoms with E-state index in [9.17, 15) is 0 Å². The van der Waals surface area contributed by atoms with E-state index in [1.807, 2.05) is 19.6 Å². The van der Waals surface area contributed by atoms with Crippen LogP contribution in [0.5, 0.6) is 0 Å². The summed E-state index contributed by atoms with van der Waals surface area (Å²) in [5.74, 6) is 1.10. The Hall–Kier alpha value is -2.27. The molecule has 1 N–H and O–H groups in total. The molecule has 0 amide bonds. The van der Waals surface area contributed by atoms with Crippen molar-refractivity contribution >= 4 is 19.4 Å². The number of amidine groups is 1. The van der Waals surface area contributed by atoms with E-state index in [1.54, 1.807) is 0 Å². The van der Waals surface area contributed by atoms with Crippen LogP contribution in [0.25, 0.3) is 0 Å². The molecule has 1 heterocycles. The molecule has 0 radical (unpaired) electrons. The topological polar surface area (TPSA) is 61.8 Å². The second kappa shape index (κ2) is 12.5. The molecule has 1 aliphatic rings. The second-order valence-corrected chi connectivity index (χ2v) is 4.54. The molecule has 0 saturated carbocycles. The van der Waals surface area contributed by atoms with Crippen LogP contribution in [0.3, 0.4) is 0 Å². The molecule has 0 bridgehead atoms. The van der Waals surface area contributed by atoms with Crippen LogP contribution in [-0.2, 0) is 16.1 Å². The zero-order valence-electron chi connectivity index (χ0n) is 13.4. The summed E-state index contributed by atoms with van der Waals surface area (Å²) in [6, 6.07) is 10.5. The molecule has 22 heavy (non-hydrogen) atoms. The predicted octanol–water partition coefficient (Wildman–Crippen LogP) is 2.29.